The highest BCUT2D eigenvalue weighted by molar-refractivity contribution is 7.92. The van der Waals surface area contributed by atoms with E-state index in [2.05, 4.69) is 5.32 Å². The molecule has 8 heteroatoms. The van der Waals surface area contributed by atoms with Crippen molar-refractivity contribution in [3.05, 3.63) is 95.6 Å². The molecule has 0 aromatic heterocycles. The molecule has 0 saturated carbocycles. The van der Waals surface area contributed by atoms with Gasteiger partial charge in [0.25, 0.3) is 10.0 Å². The fourth-order valence-corrected chi connectivity index (χ4v) is 5.46. The minimum absolute atomic E-state index is 0.0876. The van der Waals surface area contributed by atoms with E-state index >= 15 is 0 Å². The van der Waals surface area contributed by atoms with Gasteiger partial charge >= 0.3 is 0 Å². The van der Waals surface area contributed by atoms with Gasteiger partial charge in [0.05, 0.1) is 10.6 Å². The molecule has 3 rings (SSSR count). The van der Waals surface area contributed by atoms with Gasteiger partial charge in [0, 0.05) is 13.1 Å². The predicted octanol–water partition coefficient (Wildman–Crippen LogP) is 4.31. The lowest BCUT2D eigenvalue weighted by Gasteiger charge is -2.32. The summed E-state index contributed by atoms with van der Waals surface area (Å²) in [6.45, 7) is 7.59. The van der Waals surface area contributed by atoms with E-state index in [0.29, 0.717) is 12.2 Å². The molecule has 1 atom stereocenters. The molecule has 0 aliphatic carbocycles. The van der Waals surface area contributed by atoms with Crippen molar-refractivity contribution in [3.8, 4) is 0 Å². The Kier molecular flexibility index (Phi) is 9.47. The second-order valence-electron chi connectivity index (χ2n) is 8.86. The average Bonchev–Trinajstić information content (AvgIpc) is 2.91. The molecular weight excluding hydrogens is 486 g/mol. The van der Waals surface area contributed by atoms with E-state index in [1.807, 2.05) is 57.2 Å². The van der Waals surface area contributed by atoms with Crippen LogP contribution >= 0.6 is 0 Å². The number of aryl methyl sites for hydroxylation is 2. The Morgan fingerprint density at radius 1 is 0.892 bits per heavy atom. The minimum atomic E-state index is -4.05. The summed E-state index contributed by atoms with van der Waals surface area (Å²) in [7, 11) is -4.05. The molecule has 0 fully saturated rings. The fraction of sp³-hybridized carbons (Fsp3) is 0.310. The van der Waals surface area contributed by atoms with Crippen molar-refractivity contribution in [1.82, 2.24) is 10.2 Å². The topological polar surface area (TPSA) is 86.8 Å². The zero-order valence-corrected chi connectivity index (χ0v) is 22.7. The number of carbonyl (C=O) groups excluding carboxylic acids is 2. The van der Waals surface area contributed by atoms with Gasteiger partial charge in [0.15, 0.2) is 0 Å². The highest BCUT2D eigenvalue weighted by atomic mass is 32.2. The van der Waals surface area contributed by atoms with Crippen LogP contribution in [-0.4, -0.2) is 44.3 Å². The zero-order valence-electron chi connectivity index (χ0n) is 21.8. The standard InChI is InChI=1S/C29H35N3O4S/c1-5-24-16-18-26(19-17-24)32(37(35,36)27-14-8-7-9-15-27)21-28(33)31(23(4)29(34)30-6-2)20-25-13-11-10-12-22(25)3/h7-19,23H,5-6,20-21H2,1-4H3,(H,30,34)/t23-/m1/s1. The van der Waals surface area contributed by atoms with Gasteiger partial charge in [-0.05, 0) is 68.1 Å². The molecule has 0 unspecified atom stereocenters. The summed E-state index contributed by atoms with van der Waals surface area (Å²) in [5.41, 5.74) is 3.30. The number of rotatable bonds is 11. The van der Waals surface area contributed by atoms with Gasteiger partial charge in [-0.1, -0.05) is 61.5 Å². The Balaban J connectivity index is 2.03. The van der Waals surface area contributed by atoms with E-state index in [-0.39, 0.29) is 17.3 Å². The van der Waals surface area contributed by atoms with Crippen molar-refractivity contribution in [1.29, 1.82) is 0 Å². The molecule has 0 spiro atoms. The number of nitrogens with one attached hydrogen (secondary N) is 1. The number of nitrogens with zero attached hydrogens (tertiary/aromatic N) is 2. The quantitative estimate of drug-likeness (QED) is 0.408. The molecule has 2 amide bonds. The molecule has 0 heterocycles. The lowest BCUT2D eigenvalue weighted by atomic mass is 10.1. The van der Waals surface area contributed by atoms with Gasteiger partial charge in [0.1, 0.15) is 12.6 Å². The summed E-state index contributed by atoms with van der Waals surface area (Å²) < 4.78 is 28.6. The van der Waals surface area contributed by atoms with Crippen LogP contribution in [0.2, 0.25) is 0 Å². The highest BCUT2D eigenvalue weighted by Gasteiger charge is 2.32. The van der Waals surface area contributed by atoms with Crippen LogP contribution < -0.4 is 9.62 Å². The smallest absolute Gasteiger partial charge is 0.264 e. The van der Waals surface area contributed by atoms with Crippen LogP contribution in [0.3, 0.4) is 0 Å². The van der Waals surface area contributed by atoms with Gasteiger partial charge in [0.2, 0.25) is 11.8 Å². The number of likely N-dealkylation sites (N-methyl/N-ethyl adjacent to an activating group) is 1. The molecule has 0 aliphatic rings. The number of amides is 2. The third-order valence-corrected chi connectivity index (χ3v) is 8.15. The van der Waals surface area contributed by atoms with Crippen molar-refractivity contribution in [2.24, 2.45) is 0 Å². The number of hydrogen-bond acceptors (Lipinski definition) is 4. The first-order valence-corrected chi connectivity index (χ1v) is 13.9. The Morgan fingerprint density at radius 3 is 2.11 bits per heavy atom. The van der Waals surface area contributed by atoms with Crippen molar-refractivity contribution in [2.75, 3.05) is 17.4 Å². The number of anilines is 1. The first-order valence-electron chi connectivity index (χ1n) is 12.5. The highest BCUT2D eigenvalue weighted by Crippen LogP contribution is 2.25. The van der Waals surface area contributed by atoms with Crippen LogP contribution in [0.5, 0.6) is 0 Å². The molecule has 0 saturated heterocycles. The third-order valence-electron chi connectivity index (χ3n) is 6.36. The van der Waals surface area contributed by atoms with Gasteiger partial charge in [-0.25, -0.2) is 8.42 Å². The number of carbonyl (C=O) groups is 2. The zero-order chi connectivity index (χ0) is 27.0. The Bertz CT molecular complexity index is 1310. The van der Waals surface area contributed by atoms with Gasteiger partial charge < -0.3 is 10.2 Å². The SMILES string of the molecule is CCNC(=O)[C@@H](C)N(Cc1ccccc1C)C(=O)CN(c1ccc(CC)cc1)S(=O)(=O)c1ccccc1. The van der Waals surface area contributed by atoms with E-state index in [4.69, 9.17) is 0 Å². The maximum atomic E-state index is 13.8. The monoisotopic (exact) mass is 521 g/mol. The maximum Gasteiger partial charge on any atom is 0.264 e. The number of benzene rings is 3. The Morgan fingerprint density at radius 2 is 1.51 bits per heavy atom. The Hall–Kier alpha value is -3.65. The van der Waals surface area contributed by atoms with Crippen LogP contribution in [0.15, 0.2) is 83.8 Å². The third kappa shape index (κ3) is 6.77. The van der Waals surface area contributed by atoms with Gasteiger partial charge in [-0.3, -0.25) is 13.9 Å². The second kappa shape index (κ2) is 12.5. The largest absolute Gasteiger partial charge is 0.355 e. The first-order chi connectivity index (χ1) is 17.7. The molecule has 3 aromatic rings. The van der Waals surface area contributed by atoms with Gasteiger partial charge in [-0.2, -0.15) is 0 Å². The molecule has 1 N–H and O–H groups in total. The van der Waals surface area contributed by atoms with Crippen molar-refractivity contribution >= 4 is 27.5 Å². The first kappa shape index (κ1) is 27.9. The van der Waals surface area contributed by atoms with Crippen LogP contribution in [0.4, 0.5) is 5.69 Å². The van der Waals surface area contributed by atoms with E-state index in [1.54, 1.807) is 37.3 Å². The van der Waals surface area contributed by atoms with Crippen molar-refractivity contribution < 1.29 is 18.0 Å². The average molecular weight is 522 g/mol. The van der Waals surface area contributed by atoms with Crippen LogP contribution in [0.1, 0.15) is 37.5 Å². The molecule has 37 heavy (non-hydrogen) atoms. The molecule has 196 valence electrons. The minimum Gasteiger partial charge on any atom is -0.355 e. The van der Waals surface area contributed by atoms with E-state index in [0.717, 1.165) is 27.4 Å². The molecule has 7 nitrogen and oxygen atoms in total. The molecule has 0 radical (unpaired) electrons. The van der Waals surface area contributed by atoms with E-state index in [1.165, 1.54) is 17.0 Å². The van der Waals surface area contributed by atoms with Crippen molar-refractivity contribution in [3.63, 3.8) is 0 Å². The Labute approximate surface area is 220 Å². The van der Waals surface area contributed by atoms with E-state index in [9.17, 15) is 18.0 Å². The summed E-state index contributed by atoms with van der Waals surface area (Å²) in [6, 6.07) is 22.0. The molecule has 0 bridgehead atoms. The predicted molar refractivity (Wildman–Crippen MR) is 147 cm³/mol. The van der Waals surface area contributed by atoms with Crippen LogP contribution in [0.25, 0.3) is 0 Å². The summed E-state index contributed by atoms with van der Waals surface area (Å²) in [5.74, 6) is -0.768. The fourth-order valence-electron chi connectivity index (χ4n) is 4.02. The second-order valence-corrected chi connectivity index (χ2v) is 10.7. The normalized spacial score (nSPS) is 12.0. The van der Waals surface area contributed by atoms with Crippen LogP contribution in [0, 0.1) is 6.92 Å². The summed E-state index contributed by atoms with van der Waals surface area (Å²) >= 11 is 0. The maximum absolute atomic E-state index is 13.8. The summed E-state index contributed by atoms with van der Waals surface area (Å²) in [6.07, 6.45) is 0.804. The van der Waals surface area contributed by atoms with Crippen molar-refractivity contribution in [2.45, 2.75) is 51.6 Å². The molecule has 3 aromatic carbocycles. The lowest BCUT2D eigenvalue weighted by molar-refractivity contribution is -0.139. The van der Waals surface area contributed by atoms with E-state index < -0.39 is 28.5 Å². The summed E-state index contributed by atoms with van der Waals surface area (Å²) in [5, 5.41) is 2.77. The number of sulfonamides is 1. The summed E-state index contributed by atoms with van der Waals surface area (Å²) in [4.78, 5) is 28.1. The number of hydrogen-bond donors (Lipinski definition) is 1. The lowest BCUT2D eigenvalue weighted by Crippen LogP contribution is -2.51. The molecule has 0 aliphatic heterocycles. The molecular formula is C29H35N3O4S. The van der Waals surface area contributed by atoms with Gasteiger partial charge in [-0.15, -0.1) is 0 Å². The van der Waals surface area contributed by atoms with Crippen LogP contribution in [-0.2, 0) is 32.6 Å².